The zero-order valence-corrected chi connectivity index (χ0v) is 12.8. The maximum atomic E-state index is 9.05. The molecular formula is C17H16N4O3. The van der Waals surface area contributed by atoms with E-state index in [-0.39, 0.29) is 13.4 Å². The van der Waals surface area contributed by atoms with Gasteiger partial charge in [0, 0.05) is 23.7 Å². The zero-order valence-electron chi connectivity index (χ0n) is 12.8. The van der Waals surface area contributed by atoms with Gasteiger partial charge in [-0.25, -0.2) is 4.98 Å². The molecule has 3 aromatic rings. The molecule has 7 heteroatoms. The average Bonchev–Trinajstić information content (AvgIpc) is 3.07. The third-order valence-corrected chi connectivity index (χ3v) is 3.64. The Kier molecular flexibility index (Phi) is 3.76. The molecule has 0 unspecified atom stereocenters. The van der Waals surface area contributed by atoms with Gasteiger partial charge in [-0.1, -0.05) is 12.1 Å². The number of aromatic nitrogens is 2. The lowest BCUT2D eigenvalue weighted by Crippen LogP contribution is -2.09. The van der Waals surface area contributed by atoms with E-state index in [0.29, 0.717) is 24.1 Å². The van der Waals surface area contributed by atoms with E-state index in [0.717, 1.165) is 22.3 Å². The monoisotopic (exact) mass is 324 g/mol. The van der Waals surface area contributed by atoms with Crippen LogP contribution in [0, 0.1) is 0 Å². The van der Waals surface area contributed by atoms with Gasteiger partial charge in [0.05, 0.1) is 12.1 Å². The molecule has 0 fully saturated rings. The Morgan fingerprint density at radius 3 is 2.83 bits per heavy atom. The van der Waals surface area contributed by atoms with Crippen molar-refractivity contribution in [3.8, 4) is 11.5 Å². The van der Waals surface area contributed by atoms with Crippen LogP contribution in [0.4, 0.5) is 17.5 Å². The Bertz CT molecular complexity index is 885. The van der Waals surface area contributed by atoms with Crippen molar-refractivity contribution in [2.75, 3.05) is 30.6 Å². The molecule has 1 aliphatic heterocycles. The minimum Gasteiger partial charge on any atom is -0.454 e. The maximum absolute atomic E-state index is 9.05. The van der Waals surface area contributed by atoms with Crippen LogP contribution in [0.25, 0.3) is 10.9 Å². The van der Waals surface area contributed by atoms with Crippen molar-refractivity contribution in [2.24, 2.45) is 0 Å². The van der Waals surface area contributed by atoms with Crippen LogP contribution >= 0.6 is 0 Å². The van der Waals surface area contributed by atoms with E-state index in [1.807, 2.05) is 42.5 Å². The number of para-hydroxylation sites is 1. The molecule has 0 amide bonds. The van der Waals surface area contributed by atoms with Crippen LogP contribution in [0.5, 0.6) is 11.5 Å². The van der Waals surface area contributed by atoms with E-state index in [4.69, 9.17) is 14.6 Å². The molecule has 122 valence electrons. The van der Waals surface area contributed by atoms with Crippen molar-refractivity contribution in [1.29, 1.82) is 0 Å². The molecule has 2 heterocycles. The van der Waals surface area contributed by atoms with Crippen LogP contribution in [-0.2, 0) is 0 Å². The minimum atomic E-state index is 0.0310. The Morgan fingerprint density at radius 2 is 1.92 bits per heavy atom. The van der Waals surface area contributed by atoms with Crippen molar-refractivity contribution in [2.45, 2.75) is 0 Å². The maximum Gasteiger partial charge on any atom is 0.231 e. The molecular weight excluding hydrogens is 308 g/mol. The first-order chi connectivity index (χ1) is 11.8. The fraction of sp³-hybridized carbons (Fsp3) is 0.176. The van der Waals surface area contributed by atoms with Gasteiger partial charge in [0.15, 0.2) is 11.5 Å². The topological polar surface area (TPSA) is 88.5 Å². The summed E-state index contributed by atoms with van der Waals surface area (Å²) in [6.45, 7) is 0.689. The summed E-state index contributed by atoms with van der Waals surface area (Å²) >= 11 is 0. The number of hydrogen-bond acceptors (Lipinski definition) is 7. The van der Waals surface area contributed by atoms with Gasteiger partial charge in [-0.05, 0) is 24.3 Å². The molecule has 0 atom stereocenters. The molecule has 0 bridgehead atoms. The van der Waals surface area contributed by atoms with E-state index >= 15 is 0 Å². The SMILES string of the molecule is OCCNc1nc(Nc2ccc3c(c2)OCO3)nc2ccccc12. The number of ether oxygens (including phenoxy) is 2. The Labute approximate surface area is 138 Å². The van der Waals surface area contributed by atoms with Crippen LogP contribution in [0.15, 0.2) is 42.5 Å². The van der Waals surface area contributed by atoms with Gasteiger partial charge in [-0.15, -0.1) is 0 Å². The molecule has 24 heavy (non-hydrogen) atoms. The number of nitrogens with zero attached hydrogens (tertiary/aromatic N) is 2. The quantitative estimate of drug-likeness (QED) is 0.664. The van der Waals surface area contributed by atoms with Gasteiger partial charge in [0.1, 0.15) is 5.82 Å². The largest absolute Gasteiger partial charge is 0.454 e. The van der Waals surface area contributed by atoms with Gasteiger partial charge in [0.2, 0.25) is 12.7 Å². The van der Waals surface area contributed by atoms with E-state index in [2.05, 4.69) is 20.6 Å². The van der Waals surface area contributed by atoms with Crippen molar-refractivity contribution in [3.05, 3.63) is 42.5 Å². The lowest BCUT2D eigenvalue weighted by Gasteiger charge is -2.11. The molecule has 0 spiro atoms. The first-order valence-corrected chi connectivity index (χ1v) is 7.62. The third kappa shape index (κ3) is 2.77. The molecule has 1 aliphatic rings. The molecule has 0 saturated heterocycles. The fourth-order valence-electron chi connectivity index (χ4n) is 2.54. The summed E-state index contributed by atoms with van der Waals surface area (Å²) in [5, 5.41) is 16.3. The summed E-state index contributed by atoms with van der Waals surface area (Å²) in [6.07, 6.45) is 0. The molecule has 1 aromatic heterocycles. The van der Waals surface area contributed by atoms with Crippen LogP contribution < -0.4 is 20.1 Å². The Balaban J connectivity index is 1.68. The van der Waals surface area contributed by atoms with Crippen molar-refractivity contribution in [3.63, 3.8) is 0 Å². The summed E-state index contributed by atoms with van der Waals surface area (Å²) in [7, 11) is 0. The van der Waals surface area contributed by atoms with Gasteiger partial charge < -0.3 is 25.2 Å². The van der Waals surface area contributed by atoms with E-state index in [9.17, 15) is 0 Å². The second-order valence-corrected chi connectivity index (χ2v) is 5.26. The summed E-state index contributed by atoms with van der Waals surface area (Å²) < 4.78 is 10.7. The molecule has 2 aromatic carbocycles. The summed E-state index contributed by atoms with van der Waals surface area (Å²) in [6, 6.07) is 13.3. The van der Waals surface area contributed by atoms with Crippen LogP contribution in [0.1, 0.15) is 0 Å². The molecule has 7 nitrogen and oxygen atoms in total. The van der Waals surface area contributed by atoms with Crippen molar-refractivity contribution in [1.82, 2.24) is 9.97 Å². The predicted molar refractivity (Wildman–Crippen MR) is 91.0 cm³/mol. The number of rotatable bonds is 5. The molecule has 0 aliphatic carbocycles. The molecule has 0 saturated carbocycles. The zero-order chi connectivity index (χ0) is 16.4. The second kappa shape index (κ2) is 6.21. The highest BCUT2D eigenvalue weighted by molar-refractivity contribution is 5.90. The highest BCUT2D eigenvalue weighted by atomic mass is 16.7. The molecule has 4 rings (SSSR count). The van der Waals surface area contributed by atoms with E-state index < -0.39 is 0 Å². The number of aliphatic hydroxyl groups excluding tert-OH is 1. The number of hydrogen-bond donors (Lipinski definition) is 3. The predicted octanol–water partition coefficient (Wildman–Crippen LogP) is 2.51. The van der Waals surface area contributed by atoms with Gasteiger partial charge in [-0.2, -0.15) is 4.98 Å². The Morgan fingerprint density at radius 1 is 1.04 bits per heavy atom. The van der Waals surface area contributed by atoms with Crippen LogP contribution in [0.3, 0.4) is 0 Å². The van der Waals surface area contributed by atoms with E-state index in [1.54, 1.807) is 0 Å². The number of benzene rings is 2. The first-order valence-electron chi connectivity index (χ1n) is 7.62. The van der Waals surface area contributed by atoms with E-state index in [1.165, 1.54) is 0 Å². The fourth-order valence-corrected chi connectivity index (χ4v) is 2.54. The van der Waals surface area contributed by atoms with Gasteiger partial charge in [-0.3, -0.25) is 0 Å². The summed E-state index contributed by atoms with van der Waals surface area (Å²) in [5.41, 5.74) is 1.62. The second-order valence-electron chi connectivity index (χ2n) is 5.26. The summed E-state index contributed by atoms with van der Waals surface area (Å²) in [4.78, 5) is 9.05. The normalized spacial score (nSPS) is 12.4. The molecule has 0 radical (unpaired) electrons. The first kappa shape index (κ1) is 14.5. The van der Waals surface area contributed by atoms with Crippen molar-refractivity contribution < 1.29 is 14.6 Å². The summed E-state index contributed by atoms with van der Waals surface area (Å²) in [5.74, 6) is 2.57. The minimum absolute atomic E-state index is 0.0310. The third-order valence-electron chi connectivity index (χ3n) is 3.64. The number of anilines is 3. The highest BCUT2D eigenvalue weighted by Gasteiger charge is 2.14. The average molecular weight is 324 g/mol. The van der Waals surface area contributed by atoms with Crippen molar-refractivity contribution >= 4 is 28.4 Å². The number of nitrogens with one attached hydrogen (secondary N) is 2. The number of aliphatic hydroxyl groups is 1. The van der Waals surface area contributed by atoms with Gasteiger partial charge >= 0.3 is 0 Å². The lowest BCUT2D eigenvalue weighted by molar-refractivity contribution is 0.174. The lowest BCUT2D eigenvalue weighted by atomic mass is 10.2. The number of fused-ring (bicyclic) bond motifs is 2. The standard InChI is InChI=1S/C17H16N4O3/c22-8-7-18-16-12-3-1-2-4-13(12)20-17(21-16)19-11-5-6-14-15(9-11)24-10-23-14/h1-6,9,22H,7-8,10H2,(H2,18,19,20,21). The van der Waals surface area contributed by atoms with Gasteiger partial charge in [0.25, 0.3) is 0 Å². The van der Waals surface area contributed by atoms with Crippen LogP contribution in [-0.4, -0.2) is 35.0 Å². The Hall–Kier alpha value is -3.06. The molecule has 3 N–H and O–H groups in total. The smallest absolute Gasteiger partial charge is 0.231 e. The highest BCUT2D eigenvalue weighted by Crippen LogP contribution is 2.35. The van der Waals surface area contributed by atoms with Crippen LogP contribution in [0.2, 0.25) is 0 Å².